The van der Waals surface area contributed by atoms with Crippen LogP contribution in [0.4, 0.5) is 10.1 Å². The summed E-state index contributed by atoms with van der Waals surface area (Å²) in [7, 11) is 0. The Morgan fingerprint density at radius 3 is 2.82 bits per heavy atom. The second-order valence-corrected chi connectivity index (χ2v) is 5.70. The fourth-order valence-electron chi connectivity index (χ4n) is 2.97. The average molecular weight is 300 g/mol. The number of hydrogen-bond donors (Lipinski definition) is 2. The van der Waals surface area contributed by atoms with Crippen molar-refractivity contribution in [2.45, 2.75) is 31.6 Å². The van der Waals surface area contributed by atoms with Crippen molar-refractivity contribution in [1.82, 2.24) is 9.97 Å². The fourth-order valence-corrected chi connectivity index (χ4v) is 2.97. The molecule has 22 heavy (non-hydrogen) atoms. The number of anilines is 1. The lowest BCUT2D eigenvalue weighted by Crippen LogP contribution is -2.15. The van der Waals surface area contributed by atoms with Crippen molar-refractivity contribution in [3.63, 3.8) is 0 Å². The lowest BCUT2D eigenvalue weighted by molar-refractivity contribution is 0.628. The smallest absolute Gasteiger partial charge is 0.132 e. The molecule has 3 rings (SSSR count). The number of hydrogen-bond acceptors (Lipinski definition) is 4. The minimum Gasteiger partial charge on any atom is -0.381 e. The van der Waals surface area contributed by atoms with Gasteiger partial charge < -0.3 is 11.1 Å². The first-order chi connectivity index (χ1) is 10.8. The van der Waals surface area contributed by atoms with Crippen molar-refractivity contribution in [2.75, 3.05) is 18.4 Å². The molecule has 0 bridgehead atoms. The zero-order valence-electron chi connectivity index (χ0n) is 12.6. The molecule has 0 spiro atoms. The van der Waals surface area contributed by atoms with E-state index in [2.05, 4.69) is 10.3 Å². The third-order valence-corrected chi connectivity index (χ3v) is 4.09. The van der Waals surface area contributed by atoms with Gasteiger partial charge in [0.15, 0.2) is 0 Å². The molecular formula is C17H21FN4. The highest BCUT2D eigenvalue weighted by Crippen LogP contribution is 2.34. The van der Waals surface area contributed by atoms with E-state index in [1.54, 1.807) is 12.3 Å². The van der Waals surface area contributed by atoms with Gasteiger partial charge in [-0.25, -0.2) is 14.4 Å². The zero-order chi connectivity index (χ0) is 15.4. The maximum Gasteiger partial charge on any atom is 0.132 e. The molecule has 4 nitrogen and oxygen atoms in total. The van der Waals surface area contributed by atoms with Crippen LogP contribution in [0, 0.1) is 5.82 Å². The van der Waals surface area contributed by atoms with Crippen LogP contribution in [-0.2, 0) is 0 Å². The van der Waals surface area contributed by atoms with E-state index < -0.39 is 0 Å². The Bertz CT molecular complexity index is 638. The van der Waals surface area contributed by atoms with Gasteiger partial charge in [0.05, 0.1) is 17.6 Å². The van der Waals surface area contributed by atoms with E-state index in [4.69, 9.17) is 10.7 Å². The van der Waals surface area contributed by atoms with Gasteiger partial charge in [-0.15, -0.1) is 0 Å². The zero-order valence-corrected chi connectivity index (χ0v) is 12.6. The molecule has 1 aromatic carbocycles. The van der Waals surface area contributed by atoms with E-state index in [1.165, 1.54) is 25.0 Å². The Morgan fingerprint density at radius 1 is 1.27 bits per heavy atom. The standard InChI is InChI=1S/C17H21FN4/c18-14-7-3-6-13(10-14)16-15(20-9-8-19)11-21-17(22-16)12-4-1-2-5-12/h3,6-7,10-12,20H,1-2,4-5,8-9,19H2. The first-order valence-corrected chi connectivity index (χ1v) is 7.85. The summed E-state index contributed by atoms with van der Waals surface area (Å²) in [6, 6.07) is 6.52. The molecule has 1 saturated carbocycles. The summed E-state index contributed by atoms with van der Waals surface area (Å²) >= 11 is 0. The normalized spacial score (nSPS) is 15.2. The van der Waals surface area contributed by atoms with Gasteiger partial charge >= 0.3 is 0 Å². The van der Waals surface area contributed by atoms with Crippen molar-refractivity contribution in [3.05, 3.63) is 42.1 Å². The molecule has 1 aromatic heterocycles. The molecule has 0 amide bonds. The fraction of sp³-hybridized carbons (Fsp3) is 0.412. The van der Waals surface area contributed by atoms with Crippen molar-refractivity contribution in [2.24, 2.45) is 5.73 Å². The van der Waals surface area contributed by atoms with E-state index in [0.29, 0.717) is 19.0 Å². The van der Waals surface area contributed by atoms with Crippen LogP contribution in [0.5, 0.6) is 0 Å². The van der Waals surface area contributed by atoms with Gasteiger partial charge in [0.1, 0.15) is 11.6 Å². The van der Waals surface area contributed by atoms with Crippen LogP contribution in [0.3, 0.4) is 0 Å². The monoisotopic (exact) mass is 300 g/mol. The highest BCUT2D eigenvalue weighted by Gasteiger charge is 2.21. The topological polar surface area (TPSA) is 63.8 Å². The summed E-state index contributed by atoms with van der Waals surface area (Å²) in [6.07, 6.45) is 6.54. The van der Waals surface area contributed by atoms with Crippen LogP contribution in [0.1, 0.15) is 37.4 Å². The van der Waals surface area contributed by atoms with Gasteiger partial charge in [-0.3, -0.25) is 0 Å². The van der Waals surface area contributed by atoms with Crippen LogP contribution in [-0.4, -0.2) is 23.1 Å². The maximum absolute atomic E-state index is 13.6. The number of halogens is 1. The van der Waals surface area contributed by atoms with E-state index >= 15 is 0 Å². The average Bonchev–Trinajstić information content (AvgIpc) is 3.07. The lowest BCUT2D eigenvalue weighted by Gasteiger charge is -2.14. The minimum atomic E-state index is -0.261. The van der Waals surface area contributed by atoms with Crippen molar-refractivity contribution >= 4 is 5.69 Å². The van der Waals surface area contributed by atoms with Crippen LogP contribution < -0.4 is 11.1 Å². The number of nitrogens with one attached hydrogen (secondary N) is 1. The van der Waals surface area contributed by atoms with E-state index in [-0.39, 0.29) is 5.82 Å². The van der Waals surface area contributed by atoms with Gasteiger partial charge in [-0.05, 0) is 25.0 Å². The molecule has 3 N–H and O–H groups in total. The van der Waals surface area contributed by atoms with Gasteiger partial charge in [0.25, 0.3) is 0 Å². The van der Waals surface area contributed by atoms with Crippen LogP contribution in [0.25, 0.3) is 11.3 Å². The summed E-state index contributed by atoms with van der Waals surface area (Å²) in [5, 5.41) is 3.23. The summed E-state index contributed by atoms with van der Waals surface area (Å²) in [5.41, 5.74) is 7.88. The Hall–Kier alpha value is -2.01. The Balaban J connectivity index is 2.00. The largest absolute Gasteiger partial charge is 0.381 e. The molecule has 0 aliphatic heterocycles. The highest BCUT2D eigenvalue weighted by molar-refractivity contribution is 5.73. The molecule has 116 valence electrons. The predicted molar refractivity (Wildman–Crippen MR) is 86.2 cm³/mol. The Labute approximate surface area is 130 Å². The molecule has 0 saturated heterocycles. The molecule has 0 unspecified atom stereocenters. The molecule has 0 atom stereocenters. The third kappa shape index (κ3) is 3.25. The maximum atomic E-state index is 13.6. The molecule has 1 heterocycles. The second kappa shape index (κ2) is 6.83. The summed E-state index contributed by atoms with van der Waals surface area (Å²) in [6.45, 7) is 1.15. The molecule has 1 fully saturated rings. The number of aromatic nitrogens is 2. The molecular weight excluding hydrogens is 279 g/mol. The van der Waals surface area contributed by atoms with Crippen molar-refractivity contribution in [3.8, 4) is 11.3 Å². The van der Waals surface area contributed by atoms with Crippen LogP contribution in [0.15, 0.2) is 30.5 Å². The van der Waals surface area contributed by atoms with Gasteiger partial charge in [0, 0.05) is 24.6 Å². The minimum absolute atomic E-state index is 0.261. The SMILES string of the molecule is NCCNc1cnc(C2CCCC2)nc1-c1cccc(F)c1. The Kier molecular flexibility index (Phi) is 4.63. The van der Waals surface area contributed by atoms with Gasteiger partial charge in [0.2, 0.25) is 0 Å². The molecule has 5 heteroatoms. The van der Waals surface area contributed by atoms with Crippen LogP contribution in [0.2, 0.25) is 0 Å². The van der Waals surface area contributed by atoms with Gasteiger partial charge in [-0.2, -0.15) is 0 Å². The number of benzene rings is 1. The second-order valence-electron chi connectivity index (χ2n) is 5.70. The first-order valence-electron chi connectivity index (χ1n) is 7.85. The predicted octanol–water partition coefficient (Wildman–Crippen LogP) is 3.31. The summed E-state index contributed by atoms with van der Waals surface area (Å²) < 4.78 is 13.6. The highest BCUT2D eigenvalue weighted by atomic mass is 19.1. The number of nitrogens with zero attached hydrogens (tertiary/aromatic N) is 2. The third-order valence-electron chi connectivity index (χ3n) is 4.09. The van der Waals surface area contributed by atoms with Crippen molar-refractivity contribution < 1.29 is 4.39 Å². The molecule has 0 radical (unpaired) electrons. The number of nitrogens with two attached hydrogens (primary N) is 1. The Morgan fingerprint density at radius 2 is 2.09 bits per heavy atom. The lowest BCUT2D eigenvalue weighted by atomic mass is 10.1. The molecule has 1 aliphatic rings. The molecule has 2 aromatic rings. The van der Waals surface area contributed by atoms with E-state index in [1.807, 2.05) is 6.07 Å². The first kappa shape index (κ1) is 14.9. The molecule has 1 aliphatic carbocycles. The quantitative estimate of drug-likeness (QED) is 0.889. The summed E-state index contributed by atoms with van der Waals surface area (Å²) in [5.74, 6) is 1.04. The van der Waals surface area contributed by atoms with Crippen LogP contribution >= 0.6 is 0 Å². The summed E-state index contributed by atoms with van der Waals surface area (Å²) in [4.78, 5) is 9.25. The van der Waals surface area contributed by atoms with E-state index in [0.717, 1.165) is 35.6 Å². The number of rotatable bonds is 5. The van der Waals surface area contributed by atoms with Crippen molar-refractivity contribution in [1.29, 1.82) is 0 Å². The van der Waals surface area contributed by atoms with E-state index in [9.17, 15) is 4.39 Å². The van der Waals surface area contributed by atoms with Gasteiger partial charge in [-0.1, -0.05) is 25.0 Å².